The molecule has 3 atom stereocenters. The van der Waals surface area contributed by atoms with Gasteiger partial charge in [-0.1, -0.05) is 19.3 Å². The highest BCUT2D eigenvalue weighted by atomic mass is 16.5. The van der Waals surface area contributed by atoms with Gasteiger partial charge in [0.05, 0.1) is 12.5 Å². The number of rotatable bonds is 2. The number of hydrogen-bond donors (Lipinski definition) is 0. The monoisotopic (exact) mass is 182 g/mol. The van der Waals surface area contributed by atoms with Gasteiger partial charge < -0.3 is 4.74 Å². The maximum absolute atomic E-state index is 11.5. The van der Waals surface area contributed by atoms with Crippen molar-refractivity contribution in [2.45, 2.75) is 39.0 Å². The summed E-state index contributed by atoms with van der Waals surface area (Å²) < 4.78 is 5.06. The van der Waals surface area contributed by atoms with E-state index in [0.29, 0.717) is 18.4 Å². The first-order valence-electron chi connectivity index (χ1n) is 5.51. The normalized spacial score (nSPS) is 37.5. The lowest BCUT2D eigenvalue weighted by atomic mass is 10.1. The van der Waals surface area contributed by atoms with Crippen LogP contribution in [-0.4, -0.2) is 12.6 Å². The third-order valence-corrected chi connectivity index (χ3v) is 3.47. The second-order valence-corrected chi connectivity index (χ2v) is 4.24. The molecule has 74 valence electrons. The van der Waals surface area contributed by atoms with Crippen LogP contribution in [0.15, 0.2) is 0 Å². The summed E-state index contributed by atoms with van der Waals surface area (Å²) in [6.45, 7) is 2.42. The molecule has 0 N–H and O–H groups in total. The van der Waals surface area contributed by atoms with Gasteiger partial charge in [0.25, 0.3) is 0 Å². The van der Waals surface area contributed by atoms with Crippen molar-refractivity contribution in [3.05, 3.63) is 0 Å². The van der Waals surface area contributed by atoms with Crippen LogP contribution in [-0.2, 0) is 9.53 Å². The molecule has 0 radical (unpaired) electrons. The number of carbonyl (C=O) groups excluding carboxylic acids is 1. The molecule has 0 amide bonds. The number of hydrogen-bond acceptors (Lipinski definition) is 2. The Kier molecular flexibility index (Phi) is 2.56. The predicted octanol–water partition coefficient (Wildman–Crippen LogP) is 2.38. The van der Waals surface area contributed by atoms with Crippen LogP contribution in [0.5, 0.6) is 0 Å². The molecule has 2 saturated carbocycles. The molecule has 0 saturated heterocycles. The van der Waals surface area contributed by atoms with Crippen LogP contribution in [0, 0.1) is 17.8 Å². The Morgan fingerprint density at radius 1 is 1.23 bits per heavy atom. The standard InChI is InChI=1S/C11H18O2/c1-2-13-11(12)10-8-6-4-3-5-7-9(8)10/h8-10H,2-7H2,1H3/t8-,9+,10?. The van der Waals surface area contributed by atoms with Crippen LogP contribution in [0.2, 0.25) is 0 Å². The number of fused-ring (bicyclic) bond motifs is 1. The summed E-state index contributed by atoms with van der Waals surface area (Å²) in [5.74, 6) is 1.71. The zero-order valence-corrected chi connectivity index (χ0v) is 8.29. The van der Waals surface area contributed by atoms with E-state index in [1.807, 2.05) is 6.92 Å². The van der Waals surface area contributed by atoms with Crippen molar-refractivity contribution in [1.29, 1.82) is 0 Å². The molecule has 2 heteroatoms. The van der Waals surface area contributed by atoms with Crippen molar-refractivity contribution in [3.63, 3.8) is 0 Å². The van der Waals surface area contributed by atoms with E-state index in [-0.39, 0.29) is 11.9 Å². The number of ether oxygens (including phenoxy) is 1. The molecule has 0 aromatic carbocycles. The number of esters is 1. The fourth-order valence-corrected chi connectivity index (χ4v) is 2.76. The molecule has 2 nitrogen and oxygen atoms in total. The van der Waals surface area contributed by atoms with Crippen molar-refractivity contribution < 1.29 is 9.53 Å². The minimum Gasteiger partial charge on any atom is -0.466 e. The summed E-state index contributed by atoms with van der Waals surface area (Å²) in [6, 6.07) is 0. The Hall–Kier alpha value is -0.530. The maximum atomic E-state index is 11.5. The highest BCUT2D eigenvalue weighted by Gasteiger charge is 2.54. The molecule has 0 aliphatic heterocycles. The molecule has 13 heavy (non-hydrogen) atoms. The molecule has 1 unspecified atom stereocenters. The fraction of sp³-hybridized carbons (Fsp3) is 0.909. The molecule has 2 aliphatic rings. The Labute approximate surface area is 79.7 Å². The summed E-state index contributed by atoms with van der Waals surface area (Å²) in [4.78, 5) is 11.5. The SMILES string of the molecule is CCOC(=O)C1[C@H]2CCCCC[C@@H]12. The van der Waals surface area contributed by atoms with E-state index in [0.717, 1.165) is 0 Å². The average Bonchev–Trinajstić information content (AvgIpc) is 2.77. The van der Waals surface area contributed by atoms with Gasteiger partial charge in [-0.05, 0) is 31.6 Å². The van der Waals surface area contributed by atoms with Gasteiger partial charge in [-0.3, -0.25) is 4.79 Å². The highest BCUT2D eigenvalue weighted by Crippen LogP contribution is 2.54. The molecular weight excluding hydrogens is 164 g/mol. The zero-order chi connectivity index (χ0) is 9.26. The molecule has 2 fully saturated rings. The minimum absolute atomic E-state index is 0.0689. The van der Waals surface area contributed by atoms with Crippen molar-refractivity contribution in [2.75, 3.05) is 6.61 Å². The van der Waals surface area contributed by atoms with Crippen LogP contribution in [0.1, 0.15) is 39.0 Å². The molecular formula is C11H18O2. The third-order valence-electron chi connectivity index (χ3n) is 3.47. The van der Waals surface area contributed by atoms with E-state index in [4.69, 9.17) is 4.74 Å². The van der Waals surface area contributed by atoms with Crippen molar-refractivity contribution in [1.82, 2.24) is 0 Å². The van der Waals surface area contributed by atoms with E-state index in [2.05, 4.69) is 0 Å². The molecule has 2 rings (SSSR count). The molecule has 0 heterocycles. The minimum atomic E-state index is 0.0689. The van der Waals surface area contributed by atoms with Crippen LogP contribution in [0.4, 0.5) is 0 Å². The van der Waals surface area contributed by atoms with E-state index in [1.54, 1.807) is 0 Å². The van der Waals surface area contributed by atoms with Gasteiger partial charge in [-0.25, -0.2) is 0 Å². The summed E-state index contributed by atoms with van der Waals surface area (Å²) in [7, 11) is 0. The first-order chi connectivity index (χ1) is 6.34. The predicted molar refractivity (Wildman–Crippen MR) is 50.2 cm³/mol. The van der Waals surface area contributed by atoms with E-state index < -0.39 is 0 Å². The van der Waals surface area contributed by atoms with Crippen LogP contribution >= 0.6 is 0 Å². The zero-order valence-electron chi connectivity index (χ0n) is 8.29. The molecule has 2 aliphatic carbocycles. The molecule has 0 aromatic heterocycles. The van der Waals surface area contributed by atoms with Gasteiger partial charge in [-0.2, -0.15) is 0 Å². The Morgan fingerprint density at radius 2 is 1.85 bits per heavy atom. The fourth-order valence-electron chi connectivity index (χ4n) is 2.76. The van der Waals surface area contributed by atoms with Gasteiger partial charge in [0.15, 0.2) is 0 Å². The summed E-state index contributed by atoms with van der Waals surface area (Å²) in [5, 5.41) is 0. The second kappa shape index (κ2) is 3.69. The molecule has 0 bridgehead atoms. The van der Waals surface area contributed by atoms with Gasteiger partial charge in [0.2, 0.25) is 0 Å². The summed E-state index contributed by atoms with van der Waals surface area (Å²) in [5.41, 5.74) is 0. The van der Waals surface area contributed by atoms with Crippen molar-refractivity contribution in [2.24, 2.45) is 17.8 Å². The Morgan fingerprint density at radius 3 is 2.38 bits per heavy atom. The van der Waals surface area contributed by atoms with E-state index in [1.165, 1.54) is 32.1 Å². The van der Waals surface area contributed by atoms with E-state index >= 15 is 0 Å². The first-order valence-corrected chi connectivity index (χ1v) is 5.51. The van der Waals surface area contributed by atoms with Gasteiger partial charge in [-0.15, -0.1) is 0 Å². The highest BCUT2D eigenvalue weighted by molar-refractivity contribution is 5.76. The van der Waals surface area contributed by atoms with Crippen molar-refractivity contribution >= 4 is 5.97 Å². The van der Waals surface area contributed by atoms with Gasteiger partial charge >= 0.3 is 5.97 Å². The first kappa shape index (κ1) is 9.04. The molecule has 0 aromatic rings. The maximum Gasteiger partial charge on any atom is 0.309 e. The molecule has 0 spiro atoms. The Balaban J connectivity index is 1.87. The Bertz CT molecular complexity index is 188. The van der Waals surface area contributed by atoms with Gasteiger partial charge in [0, 0.05) is 0 Å². The largest absolute Gasteiger partial charge is 0.466 e. The van der Waals surface area contributed by atoms with Crippen LogP contribution in [0.25, 0.3) is 0 Å². The van der Waals surface area contributed by atoms with Crippen molar-refractivity contribution in [3.8, 4) is 0 Å². The van der Waals surface area contributed by atoms with Crippen LogP contribution in [0.3, 0.4) is 0 Å². The lowest BCUT2D eigenvalue weighted by Gasteiger charge is -2.02. The number of carbonyl (C=O) groups is 1. The van der Waals surface area contributed by atoms with Gasteiger partial charge in [0.1, 0.15) is 0 Å². The summed E-state index contributed by atoms with van der Waals surface area (Å²) >= 11 is 0. The third kappa shape index (κ3) is 1.72. The quantitative estimate of drug-likeness (QED) is 0.613. The lowest BCUT2D eigenvalue weighted by molar-refractivity contribution is -0.145. The smallest absolute Gasteiger partial charge is 0.309 e. The van der Waals surface area contributed by atoms with E-state index in [9.17, 15) is 4.79 Å². The topological polar surface area (TPSA) is 26.3 Å². The lowest BCUT2D eigenvalue weighted by Crippen LogP contribution is -2.09. The van der Waals surface area contributed by atoms with Crippen LogP contribution < -0.4 is 0 Å². The second-order valence-electron chi connectivity index (χ2n) is 4.24. The summed E-state index contributed by atoms with van der Waals surface area (Å²) in [6.07, 6.45) is 6.51. The average molecular weight is 182 g/mol.